The molecular weight excluding hydrogens is 495 g/mol. The molecule has 3 aromatic carbocycles. The molecule has 0 fully saturated rings. The Balaban J connectivity index is 1.95. The van der Waals surface area contributed by atoms with Crippen LogP contribution in [0.25, 0.3) is 6.08 Å². The smallest absolute Gasteiger partial charge is 0.339 e. The molecule has 0 radical (unpaired) electrons. The fourth-order valence-corrected chi connectivity index (χ4v) is 4.21. The van der Waals surface area contributed by atoms with E-state index in [1.807, 2.05) is 6.92 Å². The van der Waals surface area contributed by atoms with E-state index in [1.165, 1.54) is 54.6 Å². The van der Waals surface area contributed by atoms with Crippen LogP contribution >= 0.6 is 11.6 Å². The van der Waals surface area contributed by atoms with E-state index in [1.54, 1.807) is 25.1 Å². The molecule has 0 unspecified atom stereocenters. The van der Waals surface area contributed by atoms with Gasteiger partial charge in [-0.15, -0.1) is 0 Å². The number of ether oxygens (including phenoxy) is 1. The fraction of sp³-hybridized carbons (Fsp3) is 0.120. The number of halogens is 2. The minimum absolute atomic E-state index is 0.00580. The molecule has 35 heavy (non-hydrogen) atoms. The number of carbonyl (C=O) groups excluding carboxylic acids is 1. The number of carbonyl (C=O) groups is 1. The average molecular weight is 515 g/mol. The van der Waals surface area contributed by atoms with Crippen molar-refractivity contribution >= 4 is 39.4 Å². The molecule has 0 spiro atoms. The first-order valence-electron chi connectivity index (χ1n) is 10.3. The van der Waals surface area contributed by atoms with Crippen molar-refractivity contribution in [2.24, 2.45) is 0 Å². The second kappa shape index (κ2) is 11.0. The highest BCUT2D eigenvalue weighted by Crippen LogP contribution is 2.39. The molecule has 180 valence electrons. The number of anilines is 1. The molecule has 0 aliphatic rings. The van der Waals surface area contributed by atoms with Gasteiger partial charge in [0.15, 0.2) is 5.75 Å². The van der Waals surface area contributed by atoms with Crippen LogP contribution in [-0.4, -0.2) is 20.9 Å². The van der Waals surface area contributed by atoms with E-state index in [9.17, 15) is 22.9 Å². The third kappa shape index (κ3) is 6.38. The summed E-state index contributed by atoms with van der Waals surface area (Å²) in [6, 6.07) is 16.0. The van der Waals surface area contributed by atoms with Gasteiger partial charge in [0.1, 0.15) is 22.4 Å². The Labute approximate surface area is 207 Å². The number of rotatable bonds is 8. The number of nitriles is 1. The van der Waals surface area contributed by atoms with Gasteiger partial charge in [-0.3, -0.25) is 4.79 Å². The standard InChI is InChI=1S/C25H20ClFN2O5S/c1-3-33-23-14-17(12-18(15-28)25(30)29-22-7-5-4-6-21(22)27)13-20(26)24(23)34-35(31,32)19-10-8-16(2)9-11-19/h4-14H,3H2,1-2H3,(H,29,30)/b18-12+. The summed E-state index contributed by atoms with van der Waals surface area (Å²) in [5, 5.41) is 11.7. The summed E-state index contributed by atoms with van der Waals surface area (Å²) in [6.45, 7) is 3.65. The Hall–Kier alpha value is -3.87. The van der Waals surface area contributed by atoms with Crippen molar-refractivity contribution in [2.75, 3.05) is 11.9 Å². The first-order chi connectivity index (χ1) is 16.6. The summed E-state index contributed by atoms with van der Waals surface area (Å²) in [6.07, 6.45) is 1.21. The molecule has 0 saturated carbocycles. The summed E-state index contributed by atoms with van der Waals surface area (Å²) in [5.41, 5.74) is 0.712. The third-order valence-corrected chi connectivity index (χ3v) is 6.15. The molecule has 1 N–H and O–H groups in total. The van der Waals surface area contributed by atoms with Crippen LogP contribution in [0.2, 0.25) is 5.02 Å². The van der Waals surface area contributed by atoms with E-state index in [0.29, 0.717) is 0 Å². The van der Waals surface area contributed by atoms with Crippen LogP contribution in [0, 0.1) is 24.1 Å². The lowest BCUT2D eigenvalue weighted by atomic mass is 10.1. The van der Waals surface area contributed by atoms with Gasteiger partial charge in [-0.05, 0) is 61.9 Å². The lowest BCUT2D eigenvalue weighted by Gasteiger charge is -2.14. The predicted octanol–water partition coefficient (Wildman–Crippen LogP) is 5.50. The van der Waals surface area contributed by atoms with Crippen LogP contribution in [-0.2, 0) is 14.9 Å². The number of hydrogen-bond donors (Lipinski definition) is 1. The van der Waals surface area contributed by atoms with Gasteiger partial charge in [0.05, 0.1) is 17.3 Å². The van der Waals surface area contributed by atoms with Crippen LogP contribution in [0.5, 0.6) is 11.5 Å². The van der Waals surface area contributed by atoms with Gasteiger partial charge in [-0.2, -0.15) is 13.7 Å². The minimum atomic E-state index is -4.22. The van der Waals surface area contributed by atoms with Crippen molar-refractivity contribution in [1.82, 2.24) is 0 Å². The number of benzene rings is 3. The van der Waals surface area contributed by atoms with E-state index in [0.717, 1.165) is 5.56 Å². The number of nitrogens with zero attached hydrogens (tertiary/aromatic N) is 1. The van der Waals surface area contributed by atoms with Gasteiger partial charge in [0.2, 0.25) is 5.75 Å². The van der Waals surface area contributed by atoms with E-state index < -0.39 is 21.8 Å². The van der Waals surface area contributed by atoms with E-state index >= 15 is 0 Å². The normalized spacial score (nSPS) is 11.5. The summed E-state index contributed by atoms with van der Waals surface area (Å²) in [5.74, 6) is -1.74. The van der Waals surface area contributed by atoms with Gasteiger partial charge in [-0.1, -0.05) is 41.4 Å². The van der Waals surface area contributed by atoms with Crippen molar-refractivity contribution < 1.29 is 26.5 Å². The zero-order valence-electron chi connectivity index (χ0n) is 18.7. The van der Waals surface area contributed by atoms with Crippen molar-refractivity contribution in [2.45, 2.75) is 18.7 Å². The molecule has 0 aliphatic heterocycles. The van der Waals surface area contributed by atoms with Gasteiger partial charge in [0, 0.05) is 0 Å². The van der Waals surface area contributed by atoms with Crippen LogP contribution in [0.1, 0.15) is 18.1 Å². The number of para-hydroxylation sites is 1. The molecule has 0 aromatic heterocycles. The van der Waals surface area contributed by atoms with Crippen LogP contribution in [0.15, 0.2) is 71.1 Å². The first-order valence-corrected chi connectivity index (χ1v) is 12.1. The Kier molecular flexibility index (Phi) is 8.12. The predicted molar refractivity (Wildman–Crippen MR) is 130 cm³/mol. The Morgan fingerprint density at radius 1 is 1.17 bits per heavy atom. The van der Waals surface area contributed by atoms with Crippen LogP contribution in [0.3, 0.4) is 0 Å². The van der Waals surface area contributed by atoms with Gasteiger partial charge < -0.3 is 14.2 Å². The second-order valence-corrected chi connectivity index (χ2v) is 9.17. The molecule has 1 amide bonds. The number of nitrogens with one attached hydrogen (secondary N) is 1. The maximum absolute atomic E-state index is 13.8. The van der Waals surface area contributed by atoms with Gasteiger partial charge in [0.25, 0.3) is 5.91 Å². The van der Waals surface area contributed by atoms with Gasteiger partial charge in [-0.25, -0.2) is 4.39 Å². The summed E-state index contributed by atoms with van der Waals surface area (Å²) in [4.78, 5) is 12.4. The summed E-state index contributed by atoms with van der Waals surface area (Å²) < 4.78 is 50.1. The molecule has 3 aromatic rings. The molecular formula is C25H20ClFN2O5S. The Bertz CT molecular complexity index is 1430. The SMILES string of the molecule is CCOc1cc(/C=C(\C#N)C(=O)Nc2ccccc2F)cc(Cl)c1OS(=O)(=O)c1ccc(C)cc1. The third-order valence-electron chi connectivity index (χ3n) is 4.63. The molecule has 0 heterocycles. The zero-order chi connectivity index (χ0) is 25.6. The van der Waals surface area contributed by atoms with Crippen LogP contribution in [0.4, 0.5) is 10.1 Å². The topological polar surface area (TPSA) is 105 Å². The summed E-state index contributed by atoms with van der Waals surface area (Å²) >= 11 is 6.31. The lowest BCUT2D eigenvalue weighted by molar-refractivity contribution is -0.112. The van der Waals surface area contributed by atoms with Crippen molar-refractivity contribution in [3.63, 3.8) is 0 Å². The van der Waals surface area contributed by atoms with Crippen LogP contribution < -0.4 is 14.2 Å². The molecule has 0 atom stereocenters. The monoisotopic (exact) mass is 514 g/mol. The minimum Gasteiger partial charge on any atom is -0.490 e. The highest BCUT2D eigenvalue weighted by molar-refractivity contribution is 7.87. The quantitative estimate of drug-likeness (QED) is 0.242. The maximum atomic E-state index is 13.8. The average Bonchev–Trinajstić information content (AvgIpc) is 2.81. The van der Waals surface area contributed by atoms with Crippen molar-refractivity contribution in [3.05, 3.63) is 88.2 Å². The molecule has 0 saturated heterocycles. The number of hydrogen-bond acceptors (Lipinski definition) is 6. The lowest BCUT2D eigenvalue weighted by Crippen LogP contribution is -2.14. The first kappa shape index (κ1) is 25.7. The van der Waals surface area contributed by atoms with Gasteiger partial charge >= 0.3 is 10.1 Å². The largest absolute Gasteiger partial charge is 0.490 e. The Morgan fingerprint density at radius 3 is 2.49 bits per heavy atom. The number of amides is 1. The van der Waals surface area contributed by atoms with E-state index in [-0.39, 0.29) is 44.8 Å². The molecule has 0 bridgehead atoms. The zero-order valence-corrected chi connectivity index (χ0v) is 20.3. The highest BCUT2D eigenvalue weighted by Gasteiger charge is 2.23. The Morgan fingerprint density at radius 2 is 1.86 bits per heavy atom. The molecule has 0 aliphatic carbocycles. The van der Waals surface area contributed by atoms with Crippen molar-refractivity contribution in [1.29, 1.82) is 5.26 Å². The van der Waals surface area contributed by atoms with Crippen molar-refractivity contribution in [3.8, 4) is 17.6 Å². The fourth-order valence-electron chi connectivity index (χ4n) is 2.95. The molecule has 3 rings (SSSR count). The van der Waals surface area contributed by atoms with E-state index in [2.05, 4.69) is 5.32 Å². The second-order valence-electron chi connectivity index (χ2n) is 7.22. The maximum Gasteiger partial charge on any atom is 0.339 e. The van der Waals surface area contributed by atoms with E-state index in [4.69, 9.17) is 20.5 Å². The highest BCUT2D eigenvalue weighted by atomic mass is 35.5. The molecule has 7 nitrogen and oxygen atoms in total. The summed E-state index contributed by atoms with van der Waals surface area (Å²) in [7, 11) is -4.22. The molecule has 10 heteroatoms. The number of aryl methyl sites for hydroxylation is 1.